The normalized spacial score (nSPS) is 22.3. The molecule has 2 N–H and O–H groups in total. The van der Waals surface area contributed by atoms with Crippen molar-refractivity contribution in [2.24, 2.45) is 0 Å². The minimum absolute atomic E-state index is 0.0131. The highest BCUT2D eigenvalue weighted by Crippen LogP contribution is 2.28. The molecule has 0 unspecified atom stereocenters. The number of likely N-dealkylation sites (N-methyl/N-ethyl adjacent to an activating group) is 1. The maximum Gasteiger partial charge on any atom is 0.344 e. The van der Waals surface area contributed by atoms with E-state index in [9.17, 15) is 22.8 Å². The molecule has 11 heteroatoms. The molecule has 0 aliphatic carbocycles. The van der Waals surface area contributed by atoms with Crippen molar-refractivity contribution in [1.29, 1.82) is 0 Å². The third-order valence-corrected chi connectivity index (χ3v) is 7.85. The predicted octanol–water partition coefficient (Wildman–Crippen LogP) is 0.735. The lowest BCUT2D eigenvalue weighted by Crippen LogP contribution is -2.48. The van der Waals surface area contributed by atoms with E-state index in [1.165, 1.54) is 28.6 Å². The van der Waals surface area contributed by atoms with Crippen LogP contribution in [0.1, 0.15) is 22.8 Å². The SMILES string of the molecule is CN1CCN(S(=O)(=O)c2cccc(C(=O)NN3C(=O)N[C@](C)(c4ccccc4)C3=O)c2)CC1. The van der Waals surface area contributed by atoms with Crippen LogP contribution in [0.4, 0.5) is 4.79 Å². The molecule has 0 aromatic heterocycles. The summed E-state index contributed by atoms with van der Waals surface area (Å²) in [4.78, 5) is 40.3. The van der Waals surface area contributed by atoms with Crippen LogP contribution in [0.2, 0.25) is 0 Å². The van der Waals surface area contributed by atoms with Gasteiger partial charge >= 0.3 is 6.03 Å². The van der Waals surface area contributed by atoms with E-state index in [0.29, 0.717) is 36.8 Å². The molecule has 33 heavy (non-hydrogen) atoms. The molecular formula is C22H25N5O5S. The number of nitrogens with one attached hydrogen (secondary N) is 2. The average Bonchev–Trinajstić information content (AvgIpc) is 3.04. The molecule has 2 heterocycles. The summed E-state index contributed by atoms with van der Waals surface area (Å²) in [5.41, 5.74) is 1.55. The van der Waals surface area contributed by atoms with Crippen LogP contribution in [0.25, 0.3) is 0 Å². The minimum Gasteiger partial charge on any atom is -0.318 e. The molecule has 1 atom stereocenters. The molecule has 2 saturated heterocycles. The summed E-state index contributed by atoms with van der Waals surface area (Å²) in [7, 11) is -1.85. The maximum atomic E-state index is 13.0. The number of piperazine rings is 1. The van der Waals surface area contributed by atoms with E-state index in [0.717, 1.165) is 0 Å². The number of hydrogen-bond acceptors (Lipinski definition) is 6. The van der Waals surface area contributed by atoms with Gasteiger partial charge in [-0.1, -0.05) is 36.4 Å². The van der Waals surface area contributed by atoms with Gasteiger partial charge in [-0.25, -0.2) is 13.2 Å². The van der Waals surface area contributed by atoms with Gasteiger partial charge in [-0.05, 0) is 37.7 Å². The molecule has 2 aromatic carbocycles. The fourth-order valence-corrected chi connectivity index (χ4v) is 5.32. The van der Waals surface area contributed by atoms with E-state index in [4.69, 9.17) is 0 Å². The van der Waals surface area contributed by atoms with Crippen molar-refractivity contribution in [1.82, 2.24) is 25.0 Å². The first kappa shape index (κ1) is 22.9. The van der Waals surface area contributed by atoms with Crippen LogP contribution in [-0.2, 0) is 20.4 Å². The van der Waals surface area contributed by atoms with E-state index >= 15 is 0 Å². The molecule has 2 aliphatic heterocycles. The topological polar surface area (TPSA) is 119 Å². The first-order valence-electron chi connectivity index (χ1n) is 10.4. The van der Waals surface area contributed by atoms with Gasteiger partial charge in [0.2, 0.25) is 10.0 Å². The maximum absolute atomic E-state index is 13.0. The van der Waals surface area contributed by atoms with Crippen LogP contribution in [0.5, 0.6) is 0 Å². The second-order valence-electron chi connectivity index (χ2n) is 8.24. The van der Waals surface area contributed by atoms with Crippen LogP contribution in [-0.4, -0.2) is 73.7 Å². The van der Waals surface area contributed by atoms with Gasteiger partial charge in [0.15, 0.2) is 0 Å². The Kier molecular flexibility index (Phi) is 5.95. The number of nitrogens with zero attached hydrogens (tertiary/aromatic N) is 3. The van der Waals surface area contributed by atoms with Gasteiger partial charge in [-0.3, -0.25) is 15.0 Å². The highest BCUT2D eigenvalue weighted by atomic mass is 32.2. The molecule has 2 fully saturated rings. The Morgan fingerprint density at radius 2 is 1.67 bits per heavy atom. The summed E-state index contributed by atoms with van der Waals surface area (Å²) in [5.74, 6) is -1.42. The quantitative estimate of drug-likeness (QED) is 0.621. The van der Waals surface area contributed by atoms with Crippen molar-refractivity contribution < 1.29 is 22.8 Å². The Balaban J connectivity index is 1.53. The Morgan fingerprint density at radius 1 is 1.00 bits per heavy atom. The number of amides is 4. The van der Waals surface area contributed by atoms with Gasteiger partial charge in [0.05, 0.1) is 4.90 Å². The van der Waals surface area contributed by atoms with E-state index in [1.54, 1.807) is 37.3 Å². The molecule has 0 radical (unpaired) electrons. The summed E-state index contributed by atoms with van der Waals surface area (Å²) in [5, 5.41) is 3.22. The van der Waals surface area contributed by atoms with Gasteiger partial charge < -0.3 is 10.2 Å². The van der Waals surface area contributed by atoms with E-state index in [-0.39, 0.29) is 10.5 Å². The van der Waals surface area contributed by atoms with Crippen molar-refractivity contribution >= 4 is 27.9 Å². The molecule has 2 aromatic rings. The molecule has 0 spiro atoms. The van der Waals surface area contributed by atoms with Crippen LogP contribution in [0, 0.1) is 0 Å². The van der Waals surface area contributed by atoms with Gasteiger partial charge in [0.25, 0.3) is 11.8 Å². The lowest BCUT2D eigenvalue weighted by molar-refractivity contribution is -0.132. The van der Waals surface area contributed by atoms with Crippen LogP contribution >= 0.6 is 0 Å². The number of rotatable bonds is 5. The van der Waals surface area contributed by atoms with Crippen LogP contribution in [0.3, 0.4) is 0 Å². The molecule has 2 aliphatic rings. The minimum atomic E-state index is -3.78. The Bertz CT molecular complexity index is 1190. The van der Waals surface area contributed by atoms with Gasteiger partial charge in [0.1, 0.15) is 5.54 Å². The third kappa shape index (κ3) is 4.22. The highest BCUT2D eigenvalue weighted by Gasteiger charge is 2.50. The predicted molar refractivity (Wildman–Crippen MR) is 119 cm³/mol. The molecule has 4 rings (SSSR count). The smallest absolute Gasteiger partial charge is 0.318 e. The summed E-state index contributed by atoms with van der Waals surface area (Å²) in [6, 6.07) is 13.5. The van der Waals surface area contributed by atoms with Crippen LogP contribution in [0.15, 0.2) is 59.5 Å². The Labute approximate surface area is 192 Å². The van der Waals surface area contributed by atoms with Crippen molar-refractivity contribution in [3.05, 3.63) is 65.7 Å². The Morgan fingerprint density at radius 3 is 2.33 bits per heavy atom. The first-order chi connectivity index (χ1) is 15.6. The fourth-order valence-electron chi connectivity index (χ4n) is 3.85. The van der Waals surface area contributed by atoms with Crippen molar-refractivity contribution in [3.8, 4) is 0 Å². The Hall–Kier alpha value is -3.28. The molecule has 0 bridgehead atoms. The van der Waals surface area contributed by atoms with E-state index in [1.807, 2.05) is 11.9 Å². The van der Waals surface area contributed by atoms with Crippen molar-refractivity contribution in [3.63, 3.8) is 0 Å². The number of hydrogen-bond donors (Lipinski definition) is 2. The summed E-state index contributed by atoms with van der Waals surface area (Å²) >= 11 is 0. The summed E-state index contributed by atoms with van der Waals surface area (Å²) in [6.45, 7) is 3.50. The molecular weight excluding hydrogens is 446 g/mol. The molecule has 0 saturated carbocycles. The zero-order valence-corrected chi connectivity index (χ0v) is 19.1. The number of imide groups is 1. The number of urea groups is 1. The van der Waals surface area contributed by atoms with Gasteiger partial charge in [0, 0.05) is 31.7 Å². The monoisotopic (exact) mass is 471 g/mol. The second-order valence-corrected chi connectivity index (χ2v) is 10.2. The number of hydrazine groups is 1. The largest absolute Gasteiger partial charge is 0.344 e. The van der Waals surface area contributed by atoms with E-state index in [2.05, 4.69) is 10.7 Å². The standard InChI is InChI=1S/C22H25N5O5S/c1-22(17-8-4-3-5-9-17)20(29)27(21(30)23-22)24-19(28)16-7-6-10-18(15-16)33(31,32)26-13-11-25(2)12-14-26/h3-10,15H,11-14H2,1-2H3,(H,23,30)(H,24,28)/t22-/m1/s1. The number of carbonyl (C=O) groups is 3. The third-order valence-electron chi connectivity index (χ3n) is 5.95. The lowest BCUT2D eigenvalue weighted by Gasteiger charge is -2.31. The average molecular weight is 472 g/mol. The van der Waals surface area contributed by atoms with Crippen molar-refractivity contribution in [2.45, 2.75) is 17.4 Å². The number of benzene rings is 2. The fraction of sp³-hybridized carbons (Fsp3) is 0.318. The second kappa shape index (κ2) is 8.58. The molecule has 10 nitrogen and oxygen atoms in total. The van der Waals surface area contributed by atoms with E-state index < -0.39 is 33.4 Å². The first-order valence-corrected chi connectivity index (χ1v) is 11.9. The molecule has 4 amide bonds. The highest BCUT2D eigenvalue weighted by molar-refractivity contribution is 7.89. The van der Waals surface area contributed by atoms with Crippen molar-refractivity contribution in [2.75, 3.05) is 33.2 Å². The zero-order valence-electron chi connectivity index (χ0n) is 18.3. The lowest BCUT2D eigenvalue weighted by atomic mass is 9.92. The van der Waals surface area contributed by atoms with Gasteiger partial charge in [-0.15, -0.1) is 0 Å². The number of carbonyl (C=O) groups excluding carboxylic acids is 3. The number of sulfonamides is 1. The summed E-state index contributed by atoms with van der Waals surface area (Å²) in [6.07, 6.45) is 0. The van der Waals surface area contributed by atoms with Gasteiger partial charge in [-0.2, -0.15) is 9.31 Å². The summed E-state index contributed by atoms with van der Waals surface area (Å²) < 4.78 is 27.4. The van der Waals surface area contributed by atoms with Crippen LogP contribution < -0.4 is 10.7 Å². The zero-order chi connectivity index (χ0) is 23.8. The molecule has 174 valence electrons.